The highest BCUT2D eigenvalue weighted by molar-refractivity contribution is 5.92. The van der Waals surface area contributed by atoms with Gasteiger partial charge in [0.15, 0.2) is 0 Å². The standard InChI is InChI=1S/C21H23FN6O/c1-27-10-12-28(13-11-27)19(29)14-23-20-17-4-2-3-5-18(17)25-21(26-20)24-16-8-6-15(22)7-9-16/h2-9H,10-14H2,1H3,(H2,23,24,25,26). The molecule has 0 radical (unpaired) electrons. The number of halogens is 1. The molecule has 3 aromatic rings. The molecule has 0 saturated carbocycles. The number of piperazine rings is 1. The number of para-hydroxylation sites is 1. The molecule has 1 saturated heterocycles. The van der Waals surface area contributed by atoms with Crippen LogP contribution in [0.3, 0.4) is 0 Å². The van der Waals surface area contributed by atoms with Crippen LogP contribution in [0.15, 0.2) is 48.5 Å². The Morgan fingerprint density at radius 3 is 2.52 bits per heavy atom. The second-order valence-electron chi connectivity index (χ2n) is 7.08. The van der Waals surface area contributed by atoms with Crippen molar-refractivity contribution in [1.82, 2.24) is 19.8 Å². The van der Waals surface area contributed by atoms with Crippen LogP contribution < -0.4 is 10.6 Å². The predicted octanol–water partition coefficient (Wildman–Crippen LogP) is 2.70. The highest BCUT2D eigenvalue weighted by Gasteiger charge is 2.19. The van der Waals surface area contributed by atoms with E-state index in [1.807, 2.05) is 29.2 Å². The Morgan fingerprint density at radius 2 is 1.76 bits per heavy atom. The topological polar surface area (TPSA) is 73.4 Å². The van der Waals surface area contributed by atoms with E-state index in [1.54, 1.807) is 12.1 Å². The molecule has 0 unspecified atom stereocenters. The maximum atomic E-state index is 13.1. The van der Waals surface area contributed by atoms with Crippen molar-refractivity contribution in [2.75, 3.05) is 50.4 Å². The van der Waals surface area contributed by atoms with E-state index in [4.69, 9.17) is 0 Å². The van der Waals surface area contributed by atoms with Crippen molar-refractivity contribution in [2.45, 2.75) is 0 Å². The fourth-order valence-electron chi connectivity index (χ4n) is 3.26. The first-order valence-corrected chi connectivity index (χ1v) is 9.58. The molecule has 0 atom stereocenters. The first-order valence-electron chi connectivity index (χ1n) is 9.58. The summed E-state index contributed by atoms with van der Waals surface area (Å²) >= 11 is 0. The van der Waals surface area contributed by atoms with Crippen molar-refractivity contribution in [2.24, 2.45) is 0 Å². The molecule has 0 bridgehead atoms. The summed E-state index contributed by atoms with van der Waals surface area (Å²) < 4.78 is 13.1. The molecule has 1 aromatic heterocycles. The van der Waals surface area contributed by atoms with Crippen LogP contribution in [0.2, 0.25) is 0 Å². The molecule has 0 aliphatic carbocycles. The van der Waals surface area contributed by atoms with Crippen LogP contribution in [-0.4, -0.2) is 65.4 Å². The number of anilines is 3. The normalized spacial score (nSPS) is 14.8. The summed E-state index contributed by atoms with van der Waals surface area (Å²) in [6.45, 7) is 3.40. The van der Waals surface area contributed by atoms with Crippen LogP contribution in [0.5, 0.6) is 0 Å². The van der Waals surface area contributed by atoms with Crippen LogP contribution in [0.4, 0.5) is 21.8 Å². The second kappa shape index (κ2) is 8.40. The summed E-state index contributed by atoms with van der Waals surface area (Å²) in [5.41, 5.74) is 1.43. The molecular formula is C21H23FN6O. The molecule has 1 aliphatic rings. The van der Waals surface area contributed by atoms with Crippen molar-refractivity contribution in [1.29, 1.82) is 0 Å². The fraction of sp³-hybridized carbons (Fsp3) is 0.286. The number of fused-ring (bicyclic) bond motifs is 1. The zero-order valence-electron chi connectivity index (χ0n) is 16.2. The monoisotopic (exact) mass is 394 g/mol. The minimum absolute atomic E-state index is 0.0498. The van der Waals surface area contributed by atoms with Crippen LogP contribution in [-0.2, 0) is 4.79 Å². The van der Waals surface area contributed by atoms with Gasteiger partial charge in [-0.3, -0.25) is 4.79 Å². The molecule has 2 heterocycles. The lowest BCUT2D eigenvalue weighted by Crippen LogP contribution is -2.48. The van der Waals surface area contributed by atoms with Gasteiger partial charge in [-0.15, -0.1) is 0 Å². The number of rotatable bonds is 5. The summed E-state index contributed by atoms with van der Waals surface area (Å²) in [4.78, 5) is 25.7. The third kappa shape index (κ3) is 4.60. The minimum atomic E-state index is -0.306. The number of aromatic nitrogens is 2. The molecule has 150 valence electrons. The molecule has 29 heavy (non-hydrogen) atoms. The molecule has 2 N–H and O–H groups in total. The number of hydrogen-bond donors (Lipinski definition) is 2. The van der Waals surface area contributed by atoms with Crippen molar-refractivity contribution >= 4 is 34.3 Å². The van der Waals surface area contributed by atoms with Gasteiger partial charge in [0, 0.05) is 37.3 Å². The average Bonchev–Trinajstić information content (AvgIpc) is 2.74. The number of nitrogens with one attached hydrogen (secondary N) is 2. The van der Waals surface area contributed by atoms with Crippen LogP contribution >= 0.6 is 0 Å². The molecule has 1 fully saturated rings. The van der Waals surface area contributed by atoms with Gasteiger partial charge >= 0.3 is 0 Å². The first kappa shape index (κ1) is 19.1. The van der Waals surface area contributed by atoms with Crippen molar-refractivity contribution in [3.05, 3.63) is 54.3 Å². The molecule has 1 amide bonds. The number of amides is 1. The summed E-state index contributed by atoms with van der Waals surface area (Å²) in [6.07, 6.45) is 0. The van der Waals surface area contributed by atoms with E-state index < -0.39 is 0 Å². The number of likely N-dealkylation sites (N-methyl/N-ethyl adjacent to an activating group) is 1. The van der Waals surface area contributed by atoms with E-state index in [-0.39, 0.29) is 18.3 Å². The Kier molecular flexibility index (Phi) is 5.53. The summed E-state index contributed by atoms with van der Waals surface area (Å²) in [6, 6.07) is 13.6. The van der Waals surface area contributed by atoms with Crippen LogP contribution in [0, 0.1) is 5.82 Å². The van der Waals surface area contributed by atoms with Gasteiger partial charge in [-0.05, 0) is 43.4 Å². The van der Waals surface area contributed by atoms with Crippen LogP contribution in [0.1, 0.15) is 0 Å². The Hall–Kier alpha value is -3.26. The van der Waals surface area contributed by atoms with Gasteiger partial charge in [0.2, 0.25) is 11.9 Å². The second-order valence-corrected chi connectivity index (χ2v) is 7.08. The van der Waals surface area contributed by atoms with Gasteiger partial charge in [-0.2, -0.15) is 4.98 Å². The smallest absolute Gasteiger partial charge is 0.242 e. The number of carbonyl (C=O) groups is 1. The quantitative estimate of drug-likeness (QED) is 0.693. The Labute approximate surface area is 168 Å². The SMILES string of the molecule is CN1CCN(C(=O)CNc2nc(Nc3ccc(F)cc3)nc3ccccc23)CC1. The van der Waals surface area contributed by atoms with Gasteiger partial charge in [0.1, 0.15) is 11.6 Å². The number of carbonyl (C=O) groups excluding carboxylic acids is 1. The lowest BCUT2D eigenvalue weighted by molar-refractivity contribution is -0.130. The Balaban J connectivity index is 1.52. The fourth-order valence-corrected chi connectivity index (χ4v) is 3.26. The van der Waals surface area contributed by atoms with Gasteiger partial charge in [-0.25, -0.2) is 9.37 Å². The number of nitrogens with zero attached hydrogens (tertiary/aromatic N) is 4. The first-order chi connectivity index (χ1) is 14.1. The van der Waals surface area contributed by atoms with Gasteiger partial charge in [0.05, 0.1) is 12.1 Å². The van der Waals surface area contributed by atoms with Crippen molar-refractivity contribution in [3.8, 4) is 0 Å². The average molecular weight is 394 g/mol. The Morgan fingerprint density at radius 1 is 1.03 bits per heavy atom. The van der Waals surface area contributed by atoms with E-state index in [0.29, 0.717) is 17.5 Å². The molecule has 7 nitrogen and oxygen atoms in total. The largest absolute Gasteiger partial charge is 0.360 e. The summed E-state index contributed by atoms with van der Waals surface area (Å²) in [5, 5.41) is 7.10. The minimum Gasteiger partial charge on any atom is -0.360 e. The van der Waals surface area contributed by atoms with E-state index in [0.717, 1.165) is 37.1 Å². The highest BCUT2D eigenvalue weighted by Crippen LogP contribution is 2.23. The Bertz CT molecular complexity index is 1000. The molecule has 4 rings (SSSR count). The highest BCUT2D eigenvalue weighted by atomic mass is 19.1. The number of hydrogen-bond acceptors (Lipinski definition) is 6. The van der Waals surface area contributed by atoms with Crippen molar-refractivity contribution < 1.29 is 9.18 Å². The molecular weight excluding hydrogens is 371 g/mol. The third-order valence-corrected chi connectivity index (χ3v) is 4.97. The number of benzene rings is 2. The summed E-state index contributed by atoms with van der Waals surface area (Å²) in [5.74, 6) is 0.709. The predicted molar refractivity (Wildman–Crippen MR) is 112 cm³/mol. The zero-order chi connectivity index (χ0) is 20.2. The molecule has 1 aliphatic heterocycles. The summed E-state index contributed by atoms with van der Waals surface area (Å²) in [7, 11) is 2.06. The molecule has 0 spiro atoms. The van der Waals surface area contributed by atoms with Crippen LogP contribution in [0.25, 0.3) is 10.9 Å². The van der Waals surface area contributed by atoms with E-state index >= 15 is 0 Å². The maximum Gasteiger partial charge on any atom is 0.242 e. The lowest BCUT2D eigenvalue weighted by Gasteiger charge is -2.32. The van der Waals surface area contributed by atoms with Gasteiger partial charge in [0.25, 0.3) is 0 Å². The third-order valence-electron chi connectivity index (χ3n) is 4.97. The molecule has 2 aromatic carbocycles. The van der Waals surface area contributed by atoms with Gasteiger partial charge in [-0.1, -0.05) is 12.1 Å². The molecule has 8 heteroatoms. The van der Waals surface area contributed by atoms with E-state index in [1.165, 1.54) is 12.1 Å². The lowest BCUT2D eigenvalue weighted by atomic mass is 10.2. The maximum absolute atomic E-state index is 13.1. The van der Waals surface area contributed by atoms with Crippen molar-refractivity contribution in [3.63, 3.8) is 0 Å². The van der Waals surface area contributed by atoms with Gasteiger partial charge < -0.3 is 20.4 Å². The van der Waals surface area contributed by atoms with E-state index in [2.05, 4.69) is 32.5 Å². The zero-order valence-corrected chi connectivity index (χ0v) is 16.2. The van der Waals surface area contributed by atoms with E-state index in [9.17, 15) is 9.18 Å².